The SMILES string of the molecule is [Ag+].[Au+3].[Nb+5].[O-2]. The van der Waals surface area contributed by atoms with Crippen molar-refractivity contribution in [1.82, 2.24) is 0 Å². The maximum Gasteiger partial charge on any atom is 5.00 e. The van der Waals surface area contributed by atoms with Gasteiger partial charge in [-0.1, -0.05) is 0 Å². The molecule has 0 saturated carbocycles. The fourth-order valence-electron chi connectivity index (χ4n) is 0. The van der Waals surface area contributed by atoms with Crippen molar-refractivity contribution in [3.8, 4) is 0 Å². The van der Waals surface area contributed by atoms with E-state index < -0.39 is 0 Å². The molecule has 0 N–H and O–H groups in total. The van der Waals surface area contributed by atoms with E-state index in [0.717, 1.165) is 0 Å². The summed E-state index contributed by atoms with van der Waals surface area (Å²) in [7, 11) is 0. The van der Waals surface area contributed by atoms with Crippen molar-refractivity contribution in [3.63, 3.8) is 0 Å². The van der Waals surface area contributed by atoms with Crippen LogP contribution in [-0.4, -0.2) is 0 Å². The average molecular weight is 414 g/mol. The van der Waals surface area contributed by atoms with Crippen molar-refractivity contribution in [2.75, 3.05) is 0 Å². The van der Waals surface area contributed by atoms with Gasteiger partial charge in [-0.15, -0.1) is 0 Å². The Morgan fingerprint density at radius 3 is 1.00 bits per heavy atom. The van der Waals surface area contributed by atoms with Gasteiger partial charge in [0.05, 0.1) is 0 Å². The molecule has 4 heteroatoms. The molecular weight excluding hydrogens is 414 g/mol. The van der Waals surface area contributed by atoms with Gasteiger partial charge in [0.1, 0.15) is 0 Å². The van der Waals surface area contributed by atoms with Gasteiger partial charge in [-0.25, -0.2) is 0 Å². The standard InChI is InChI=1S/Ag.Au.Nb.O/q+1;+3;+5;-2. The normalized spacial score (nSPS) is 0. The molecule has 0 rings (SSSR count). The third-order valence-corrected chi connectivity index (χ3v) is 0. The minimum atomic E-state index is 0. The molecule has 0 amide bonds. The van der Waals surface area contributed by atoms with Crippen molar-refractivity contribution in [3.05, 3.63) is 0 Å². The second kappa shape index (κ2) is 19.0. The Bertz CT molecular complexity index is 8.00. The minimum absolute atomic E-state index is 0. The Morgan fingerprint density at radius 1 is 1.00 bits per heavy atom. The predicted molar refractivity (Wildman–Crippen MR) is 0.686 cm³/mol. The van der Waals surface area contributed by atoms with E-state index in [1.54, 1.807) is 0 Å². The number of hydrogen-bond acceptors (Lipinski definition) is 0. The molecule has 4 heavy (non-hydrogen) atoms. The topological polar surface area (TPSA) is 28.5 Å². The Morgan fingerprint density at radius 2 is 1.00 bits per heavy atom. The summed E-state index contributed by atoms with van der Waals surface area (Å²) in [6.07, 6.45) is 0. The summed E-state index contributed by atoms with van der Waals surface area (Å²) in [5, 5.41) is 0. The molecule has 0 heterocycles. The molecule has 0 atom stereocenters. The summed E-state index contributed by atoms with van der Waals surface area (Å²) in [6.45, 7) is 0. The molecule has 0 aliphatic rings. The van der Waals surface area contributed by atoms with Crippen molar-refractivity contribution in [1.29, 1.82) is 0 Å². The number of rotatable bonds is 0. The van der Waals surface area contributed by atoms with E-state index in [1.807, 2.05) is 0 Å². The van der Waals surface area contributed by atoms with Gasteiger partial charge in [0.25, 0.3) is 0 Å². The summed E-state index contributed by atoms with van der Waals surface area (Å²) < 4.78 is 0. The van der Waals surface area contributed by atoms with Crippen LogP contribution in [0.3, 0.4) is 0 Å². The van der Waals surface area contributed by atoms with Gasteiger partial charge in [0.15, 0.2) is 0 Å². The zero-order chi connectivity index (χ0) is 0. The predicted octanol–water partition coefficient (Wildman–Crippen LogP) is -0.126. The van der Waals surface area contributed by atoms with Gasteiger partial charge in [0, 0.05) is 0 Å². The number of hydrogen-bond donors (Lipinski definition) is 0. The second-order valence-electron chi connectivity index (χ2n) is 0. The van der Waals surface area contributed by atoms with Crippen LogP contribution >= 0.6 is 0 Å². The van der Waals surface area contributed by atoms with Gasteiger partial charge in [0.2, 0.25) is 0 Å². The first-order chi connectivity index (χ1) is 0. The van der Waals surface area contributed by atoms with Crippen LogP contribution in [0.4, 0.5) is 0 Å². The molecule has 0 fully saturated rings. The molecule has 0 aliphatic heterocycles. The smallest absolute Gasteiger partial charge is 2.00 e. The van der Waals surface area contributed by atoms with E-state index in [4.69, 9.17) is 0 Å². The van der Waals surface area contributed by atoms with Crippen molar-refractivity contribution >= 4 is 0 Å². The van der Waals surface area contributed by atoms with E-state index in [9.17, 15) is 0 Å². The third kappa shape index (κ3) is 8.89. The molecule has 0 spiro atoms. The quantitative estimate of drug-likeness (QED) is 0.495. The fourth-order valence-corrected chi connectivity index (χ4v) is 0. The summed E-state index contributed by atoms with van der Waals surface area (Å²) in [5.74, 6) is 0. The second-order valence-corrected chi connectivity index (χ2v) is 0. The molecule has 0 aromatic rings. The van der Waals surface area contributed by atoms with Crippen LogP contribution in [0.15, 0.2) is 0 Å². The maximum absolute atomic E-state index is 0. The average Bonchev–Trinajstić information content (AvgIpc) is 0. The van der Waals surface area contributed by atoms with Crippen LogP contribution in [0.5, 0.6) is 0 Å². The summed E-state index contributed by atoms with van der Waals surface area (Å²) in [5.41, 5.74) is 0. The molecule has 0 saturated heterocycles. The molecule has 0 aliphatic carbocycles. The van der Waals surface area contributed by atoms with Crippen molar-refractivity contribution in [2.24, 2.45) is 0 Å². The van der Waals surface area contributed by atoms with E-state index in [-0.39, 0.29) is 72.6 Å². The summed E-state index contributed by atoms with van der Waals surface area (Å²) >= 11 is 0. The molecule has 0 radical (unpaired) electrons. The van der Waals surface area contributed by atoms with E-state index in [0.29, 0.717) is 0 Å². The largest absolute Gasteiger partial charge is 5.00 e. The van der Waals surface area contributed by atoms with E-state index in [1.165, 1.54) is 0 Å². The Balaban J connectivity index is 0. The van der Waals surface area contributed by atoms with Crippen LogP contribution in [0, 0.1) is 0 Å². The minimum Gasteiger partial charge on any atom is -2.00 e. The molecule has 0 bridgehead atoms. The van der Waals surface area contributed by atoms with E-state index in [2.05, 4.69) is 0 Å². The summed E-state index contributed by atoms with van der Waals surface area (Å²) in [4.78, 5) is 0. The fraction of sp³-hybridized carbons (Fsp3) is 0. The Labute approximate surface area is 71.7 Å². The molecule has 1 nitrogen and oxygen atoms in total. The van der Waals surface area contributed by atoms with Crippen LogP contribution in [0.2, 0.25) is 0 Å². The van der Waals surface area contributed by atoms with Gasteiger partial charge < -0.3 is 5.48 Å². The monoisotopic (exact) mass is 413 g/mol. The molecule has 26 valence electrons. The molecule has 0 aromatic heterocycles. The van der Waals surface area contributed by atoms with Crippen LogP contribution in [0.25, 0.3) is 0 Å². The van der Waals surface area contributed by atoms with Crippen molar-refractivity contribution in [2.45, 2.75) is 0 Å². The van der Waals surface area contributed by atoms with Gasteiger partial charge in [-0.3, -0.25) is 0 Å². The maximum atomic E-state index is 0. The first-order valence-corrected chi connectivity index (χ1v) is 0. The third-order valence-electron chi connectivity index (χ3n) is 0. The Kier molecular flexibility index (Phi) is 166. The van der Waals surface area contributed by atoms with Gasteiger partial charge in [-0.05, 0) is 0 Å². The van der Waals surface area contributed by atoms with Crippen LogP contribution < -0.4 is 0 Å². The van der Waals surface area contributed by atoms with Crippen LogP contribution in [-0.2, 0) is 72.6 Å². The first-order valence-electron chi connectivity index (χ1n) is 0. The zero-order valence-corrected chi connectivity index (χ0v) is 7.31. The van der Waals surface area contributed by atoms with E-state index >= 15 is 0 Å². The summed E-state index contributed by atoms with van der Waals surface area (Å²) in [6, 6.07) is 0. The zero-order valence-electron chi connectivity index (χ0n) is 1.46. The molecule has 0 unspecified atom stereocenters. The van der Waals surface area contributed by atoms with Gasteiger partial charge >= 0.3 is 67.1 Å². The van der Waals surface area contributed by atoms with Crippen molar-refractivity contribution < 1.29 is 72.6 Å². The van der Waals surface area contributed by atoms with Crippen LogP contribution in [0.1, 0.15) is 0 Å². The molecule has 0 aromatic carbocycles. The Hall–Kier alpha value is 2.18. The van der Waals surface area contributed by atoms with Gasteiger partial charge in [-0.2, -0.15) is 0 Å². The first kappa shape index (κ1) is 34.9. The molecular formula is AgAuNbO+7.